The minimum Gasteiger partial charge on any atom is -0.493 e. The van der Waals surface area contributed by atoms with E-state index in [1.54, 1.807) is 7.11 Å². The molecule has 0 bridgehead atoms. The highest BCUT2D eigenvalue weighted by Crippen LogP contribution is 2.31. The van der Waals surface area contributed by atoms with Gasteiger partial charge in [-0.1, -0.05) is 60.7 Å². The van der Waals surface area contributed by atoms with Crippen LogP contribution in [0.15, 0.2) is 84.9 Å². The van der Waals surface area contributed by atoms with Gasteiger partial charge in [-0.2, -0.15) is 5.26 Å². The van der Waals surface area contributed by atoms with Crippen molar-refractivity contribution in [2.24, 2.45) is 0 Å². The summed E-state index contributed by atoms with van der Waals surface area (Å²) in [5.74, 6) is 1.30. The molecule has 4 heteroatoms. The molecule has 0 heterocycles. The van der Waals surface area contributed by atoms with Gasteiger partial charge in [-0.05, 0) is 80.4 Å². The van der Waals surface area contributed by atoms with Gasteiger partial charge in [0.25, 0.3) is 0 Å². The fraction of sp³-hybridized carbons (Fsp3) is 0.0741. The molecule has 0 saturated carbocycles. The van der Waals surface area contributed by atoms with Crippen LogP contribution in [-0.4, -0.2) is 7.11 Å². The lowest BCUT2D eigenvalue weighted by molar-refractivity contribution is 0.285. The van der Waals surface area contributed by atoms with Crippen LogP contribution in [0.4, 0.5) is 0 Å². The minimum atomic E-state index is 0.443. The highest BCUT2D eigenvalue weighted by molar-refractivity contribution is 14.1. The summed E-state index contributed by atoms with van der Waals surface area (Å²) in [6, 6.07) is 30.4. The largest absolute Gasteiger partial charge is 0.493 e. The number of hydrogen-bond acceptors (Lipinski definition) is 3. The van der Waals surface area contributed by atoms with E-state index in [4.69, 9.17) is 9.47 Å². The van der Waals surface area contributed by atoms with E-state index in [0.717, 1.165) is 20.3 Å². The maximum Gasteiger partial charge on any atom is 0.161 e. The van der Waals surface area contributed by atoms with Crippen LogP contribution in [0.5, 0.6) is 11.5 Å². The van der Waals surface area contributed by atoms with Crippen LogP contribution in [0.2, 0.25) is 0 Å². The third-order valence-electron chi connectivity index (χ3n) is 5.04. The van der Waals surface area contributed by atoms with Gasteiger partial charge < -0.3 is 9.47 Å². The highest BCUT2D eigenvalue weighted by Gasteiger charge is 2.08. The van der Waals surface area contributed by atoms with E-state index >= 15 is 0 Å². The molecule has 0 fully saturated rings. The van der Waals surface area contributed by atoms with Crippen LogP contribution in [0.25, 0.3) is 22.4 Å². The summed E-state index contributed by atoms with van der Waals surface area (Å²) >= 11 is 2.25. The highest BCUT2D eigenvalue weighted by atomic mass is 127. The second kappa shape index (κ2) is 9.67. The summed E-state index contributed by atoms with van der Waals surface area (Å²) in [7, 11) is 1.62. The molecule has 0 N–H and O–H groups in total. The maximum absolute atomic E-state index is 9.61. The Morgan fingerprint density at radius 2 is 1.71 bits per heavy atom. The van der Waals surface area contributed by atoms with Crippen molar-refractivity contribution in [3.05, 3.63) is 105 Å². The number of methoxy groups -OCH3 is 1. The Hall–Kier alpha value is -3.30. The van der Waals surface area contributed by atoms with Gasteiger partial charge in [0.05, 0.1) is 18.8 Å². The number of allylic oxidation sites excluding steroid dienone is 1. The van der Waals surface area contributed by atoms with Crippen molar-refractivity contribution in [1.82, 2.24) is 0 Å². The Balaban J connectivity index is 1.58. The number of benzene rings is 4. The van der Waals surface area contributed by atoms with Crippen LogP contribution < -0.4 is 9.47 Å². The molecule has 0 radical (unpaired) electrons. The number of nitrogens with zero attached hydrogens (tertiary/aromatic N) is 1. The molecule has 4 aromatic rings. The Morgan fingerprint density at radius 3 is 2.48 bits per heavy atom. The molecule has 0 unspecified atom stereocenters. The Morgan fingerprint density at radius 1 is 0.935 bits per heavy atom. The SMILES string of the molecule is COc1cc(/C=C(/C#N)c2ccc(I)cc2)ccc1OCc1cccc2ccccc12. The van der Waals surface area contributed by atoms with Gasteiger partial charge in [0.1, 0.15) is 6.61 Å². The maximum atomic E-state index is 9.61. The topological polar surface area (TPSA) is 42.2 Å². The lowest BCUT2D eigenvalue weighted by Crippen LogP contribution is -1.98. The smallest absolute Gasteiger partial charge is 0.161 e. The van der Waals surface area contributed by atoms with Gasteiger partial charge >= 0.3 is 0 Å². The molecule has 152 valence electrons. The number of fused-ring (bicyclic) bond motifs is 1. The molecule has 0 aromatic heterocycles. The van der Waals surface area contributed by atoms with Crippen molar-refractivity contribution < 1.29 is 9.47 Å². The van der Waals surface area contributed by atoms with E-state index < -0.39 is 0 Å². The summed E-state index contributed by atoms with van der Waals surface area (Å²) in [6.07, 6.45) is 1.86. The van der Waals surface area contributed by atoms with Gasteiger partial charge in [0.2, 0.25) is 0 Å². The predicted octanol–water partition coefficient (Wildman–Crippen LogP) is 7.10. The first-order valence-corrected chi connectivity index (χ1v) is 10.9. The summed E-state index contributed by atoms with van der Waals surface area (Å²) in [5.41, 5.74) is 3.49. The molecule has 31 heavy (non-hydrogen) atoms. The molecule has 0 amide bonds. The first-order valence-electron chi connectivity index (χ1n) is 9.83. The lowest BCUT2D eigenvalue weighted by atomic mass is 10.0. The Bertz CT molecular complexity index is 1280. The van der Waals surface area contributed by atoms with Crippen LogP contribution in [0, 0.1) is 14.9 Å². The van der Waals surface area contributed by atoms with Crippen molar-refractivity contribution in [1.29, 1.82) is 5.26 Å². The van der Waals surface area contributed by atoms with Crippen molar-refractivity contribution >= 4 is 45.0 Å². The molecule has 4 aromatic carbocycles. The van der Waals surface area contributed by atoms with E-state index in [2.05, 4.69) is 52.9 Å². The Kier molecular flexibility index (Phi) is 6.54. The van der Waals surface area contributed by atoms with Gasteiger partial charge in [-0.15, -0.1) is 0 Å². The van der Waals surface area contributed by atoms with Crippen LogP contribution >= 0.6 is 22.6 Å². The lowest BCUT2D eigenvalue weighted by Gasteiger charge is -2.13. The third-order valence-corrected chi connectivity index (χ3v) is 5.76. The molecule has 0 aliphatic rings. The second-order valence-corrected chi connectivity index (χ2v) is 8.26. The van der Waals surface area contributed by atoms with Gasteiger partial charge in [-0.3, -0.25) is 0 Å². The zero-order valence-corrected chi connectivity index (χ0v) is 19.2. The van der Waals surface area contributed by atoms with E-state index in [1.807, 2.05) is 66.7 Å². The van der Waals surface area contributed by atoms with Crippen LogP contribution in [0.1, 0.15) is 16.7 Å². The Labute approximate surface area is 195 Å². The normalized spacial score (nSPS) is 11.2. The van der Waals surface area contributed by atoms with Gasteiger partial charge in [-0.25, -0.2) is 0 Å². The van der Waals surface area contributed by atoms with E-state index in [-0.39, 0.29) is 0 Å². The fourth-order valence-electron chi connectivity index (χ4n) is 3.44. The molecule has 0 spiro atoms. The third kappa shape index (κ3) is 4.89. The average Bonchev–Trinajstić information content (AvgIpc) is 2.82. The first kappa shape index (κ1) is 21.0. The van der Waals surface area contributed by atoms with Crippen LogP contribution in [-0.2, 0) is 6.61 Å². The molecular weight excluding hydrogens is 497 g/mol. The second-order valence-electron chi connectivity index (χ2n) is 7.01. The quantitative estimate of drug-likeness (QED) is 0.156. The number of rotatable bonds is 6. The van der Waals surface area contributed by atoms with Crippen LogP contribution in [0.3, 0.4) is 0 Å². The molecule has 0 aliphatic heterocycles. The van der Waals surface area contributed by atoms with Crippen molar-refractivity contribution in [3.63, 3.8) is 0 Å². The summed E-state index contributed by atoms with van der Waals surface area (Å²) in [5, 5.41) is 12.0. The summed E-state index contributed by atoms with van der Waals surface area (Å²) in [6.45, 7) is 0.443. The summed E-state index contributed by atoms with van der Waals surface area (Å²) < 4.78 is 12.8. The first-order chi connectivity index (χ1) is 15.2. The molecule has 0 atom stereocenters. The zero-order chi connectivity index (χ0) is 21.6. The minimum absolute atomic E-state index is 0.443. The molecule has 3 nitrogen and oxygen atoms in total. The molecule has 0 saturated heterocycles. The van der Waals surface area contributed by atoms with Gasteiger partial charge in [0, 0.05) is 3.57 Å². The number of halogens is 1. The fourth-order valence-corrected chi connectivity index (χ4v) is 3.80. The zero-order valence-electron chi connectivity index (χ0n) is 17.0. The van der Waals surface area contributed by atoms with Crippen molar-refractivity contribution in [2.75, 3.05) is 7.11 Å². The predicted molar refractivity (Wildman–Crippen MR) is 134 cm³/mol. The number of ether oxygens (including phenoxy) is 2. The van der Waals surface area contributed by atoms with Crippen molar-refractivity contribution in [3.8, 4) is 17.6 Å². The van der Waals surface area contributed by atoms with Crippen molar-refractivity contribution in [2.45, 2.75) is 6.61 Å². The van der Waals surface area contributed by atoms with E-state index in [1.165, 1.54) is 10.8 Å². The standard InChI is InChI=1S/C27H20INO2/c1-30-27-16-19(15-23(17-29)20-10-12-24(28)13-11-20)9-14-26(27)31-18-22-7-4-6-21-5-2-3-8-25(21)22/h2-16H,18H2,1H3/b23-15-. The van der Waals surface area contributed by atoms with E-state index in [0.29, 0.717) is 23.7 Å². The molecule has 4 rings (SSSR count). The van der Waals surface area contributed by atoms with E-state index in [9.17, 15) is 5.26 Å². The molecule has 0 aliphatic carbocycles. The average molecular weight is 517 g/mol. The summed E-state index contributed by atoms with van der Waals surface area (Å²) in [4.78, 5) is 0. The monoisotopic (exact) mass is 517 g/mol. The molecular formula is C27H20INO2. The number of nitriles is 1. The number of hydrogen-bond donors (Lipinski definition) is 0. The van der Waals surface area contributed by atoms with Gasteiger partial charge in [0.15, 0.2) is 11.5 Å².